The van der Waals surface area contributed by atoms with Gasteiger partial charge in [-0.1, -0.05) is 6.92 Å². The second-order valence-electron chi connectivity index (χ2n) is 4.43. The maximum atomic E-state index is 11.8. The summed E-state index contributed by atoms with van der Waals surface area (Å²) in [6.45, 7) is 3.00. The van der Waals surface area contributed by atoms with Crippen molar-refractivity contribution < 1.29 is 8.42 Å². The Kier molecular flexibility index (Phi) is 6.09. The van der Waals surface area contributed by atoms with E-state index in [0.717, 1.165) is 13.0 Å². The highest BCUT2D eigenvalue weighted by Crippen LogP contribution is 2.14. The Bertz CT molecular complexity index is 486. The average Bonchev–Trinajstić information content (AvgIpc) is 2.39. The van der Waals surface area contributed by atoms with Gasteiger partial charge in [-0.05, 0) is 24.8 Å². The van der Waals surface area contributed by atoms with Crippen molar-refractivity contribution in [2.75, 3.05) is 32.2 Å². The molecule has 0 saturated carbocycles. The number of nitrogens with zero attached hydrogens (tertiary/aromatic N) is 2. The van der Waals surface area contributed by atoms with E-state index in [2.05, 4.69) is 23.5 Å². The minimum absolute atomic E-state index is 0.209. The largest absolute Gasteiger partial charge is 0.370 e. The van der Waals surface area contributed by atoms with Crippen LogP contribution in [0.5, 0.6) is 0 Å². The van der Waals surface area contributed by atoms with Crippen molar-refractivity contribution >= 4 is 27.6 Å². The zero-order valence-corrected chi connectivity index (χ0v) is 13.4. The zero-order chi connectivity index (χ0) is 14.5. The van der Waals surface area contributed by atoms with E-state index in [1.807, 2.05) is 11.8 Å². The minimum Gasteiger partial charge on any atom is -0.370 e. The molecule has 5 nitrogen and oxygen atoms in total. The predicted molar refractivity (Wildman–Crippen MR) is 81.2 cm³/mol. The summed E-state index contributed by atoms with van der Waals surface area (Å²) in [7, 11) is -0.381. The van der Waals surface area contributed by atoms with Crippen LogP contribution in [0, 0.1) is 0 Å². The Morgan fingerprint density at radius 2 is 2.11 bits per heavy atom. The van der Waals surface area contributed by atoms with Gasteiger partial charge < -0.3 is 5.32 Å². The van der Waals surface area contributed by atoms with E-state index in [1.165, 1.54) is 24.6 Å². The molecule has 1 aromatic heterocycles. The summed E-state index contributed by atoms with van der Waals surface area (Å²) in [5.74, 6) is 0.700. The summed E-state index contributed by atoms with van der Waals surface area (Å²) < 4.78 is 24.9. The van der Waals surface area contributed by atoms with Crippen molar-refractivity contribution in [3.63, 3.8) is 0 Å². The lowest BCUT2D eigenvalue weighted by Crippen LogP contribution is -2.22. The lowest BCUT2D eigenvalue weighted by molar-refractivity contribution is 0.520. The van der Waals surface area contributed by atoms with E-state index < -0.39 is 10.0 Å². The summed E-state index contributed by atoms with van der Waals surface area (Å²) in [4.78, 5) is 4.34. The second kappa shape index (κ2) is 7.12. The highest BCUT2D eigenvalue weighted by molar-refractivity contribution is 7.99. The number of aromatic nitrogens is 1. The Labute approximate surface area is 119 Å². The number of pyridine rings is 1. The molecule has 19 heavy (non-hydrogen) atoms. The van der Waals surface area contributed by atoms with Crippen LogP contribution in [0.1, 0.15) is 13.3 Å². The lowest BCUT2D eigenvalue weighted by Gasteiger charge is -2.12. The van der Waals surface area contributed by atoms with Crippen LogP contribution in [0.2, 0.25) is 0 Å². The molecule has 1 heterocycles. The van der Waals surface area contributed by atoms with Gasteiger partial charge >= 0.3 is 0 Å². The molecule has 0 fully saturated rings. The third-order valence-corrected chi connectivity index (χ3v) is 5.61. The molecule has 0 aliphatic heterocycles. The molecule has 1 N–H and O–H groups in total. The first-order valence-electron chi connectivity index (χ1n) is 6.03. The number of thioether (sulfide) groups is 1. The number of anilines is 1. The topological polar surface area (TPSA) is 62.3 Å². The van der Waals surface area contributed by atoms with Crippen LogP contribution in [0.4, 0.5) is 5.82 Å². The molecule has 1 aromatic rings. The van der Waals surface area contributed by atoms with Crippen molar-refractivity contribution in [3.05, 3.63) is 18.3 Å². The Morgan fingerprint density at radius 1 is 1.42 bits per heavy atom. The maximum absolute atomic E-state index is 11.8. The summed E-state index contributed by atoms with van der Waals surface area (Å²) >= 11 is 1.82. The Hall–Kier alpha value is -0.790. The van der Waals surface area contributed by atoms with E-state index >= 15 is 0 Å². The SMILES string of the molecule is CSC(C)CCNc1ccc(S(=O)(=O)N(C)C)cn1. The Morgan fingerprint density at radius 3 is 2.58 bits per heavy atom. The van der Waals surface area contributed by atoms with Crippen molar-refractivity contribution in [1.29, 1.82) is 0 Å². The highest BCUT2D eigenvalue weighted by Gasteiger charge is 2.17. The van der Waals surface area contributed by atoms with E-state index in [-0.39, 0.29) is 4.90 Å². The van der Waals surface area contributed by atoms with E-state index in [4.69, 9.17) is 0 Å². The van der Waals surface area contributed by atoms with Gasteiger partial charge in [0.1, 0.15) is 10.7 Å². The molecule has 1 atom stereocenters. The summed E-state index contributed by atoms with van der Waals surface area (Å²) in [5, 5.41) is 3.78. The minimum atomic E-state index is -3.39. The van der Waals surface area contributed by atoms with Gasteiger partial charge in [0.2, 0.25) is 10.0 Å². The smallest absolute Gasteiger partial charge is 0.244 e. The Balaban J connectivity index is 2.62. The molecule has 0 radical (unpaired) electrons. The van der Waals surface area contributed by atoms with E-state index in [9.17, 15) is 8.42 Å². The lowest BCUT2D eigenvalue weighted by atomic mass is 10.3. The molecule has 0 amide bonds. The number of rotatable bonds is 7. The van der Waals surface area contributed by atoms with Gasteiger partial charge in [-0.25, -0.2) is 17.7 Å². The summed E-state index contributed by atoms with van der Waals surface area (Å²) in [6.07, 6.45) is 4.51. The zero-order valence-electron chi connectivity index (χ0n) is 11.8. The van der Waals surface area contributed by atoms with E-state index in [1.54, 1.807) is 12.1 Å². The van der Waals surface area contributed by atoms with Crippen LogP contribution in [-0.2, 0) is 10.0 Å². The number of nitrogens with one attached hydrogen (secondary N) is 1. The first-order chi connectivity index (χ1) is 8.87. The molecule has 0 saturated heterocycles. The van der Waals surface area contributed by atoms with Gasteiger partial charge in [-0.2, -0.15) is 11.8 Å². The van der Waals surface area contributed by atoms with Gasteiger partial charge in [-0.15, -0.1) is 0 Å². The molecule has 108 valence electrons. The first kappa shape index (κ1) is 16.3. The third-order valence-electron chi connectivity index (χ3n) is 2.77. The molecule has 0 spiro atoms. The van der Waals surface area contributed by atoms with Crippen molar-refractivity contribution in [3.8, 4) is 0 Å². The molecular weight excluding hydrogens is 282 g/mol. The number of hydrogen-bond donors (Lipinski definition) is 1. The molecule has 0 bridgehead atoms. The van der Waals surface area contributed by atoms with Gasteiger partial charge in [0.15, 0.2) is 0 Å². The fourth-order valence-corrected chi connectivity index (χ4v) is 2.57. The standard InChI is InChI=1S/C12H21N3O2S2/c1-10(18-4)7-8-13-12-6-5-11(9-14-12)19(16,17)15(2)3/h5-6,9-10H,7-8H2,1-4H3,(H,13,14). The third kappa shape index (κ3) is 4.67. The second-order valence-corrected chi connectivity index (χ2v) is 7.86. The molecular formula is C12H21N3O2S2. The van der Waals surface area contributed by atoms with Gasteiger partial charge in [0.25, 0.3) is 0 Å². The van der Waals surface area contributed by atoms with Crippen LogP contribution >= 0.6 is 11.8 Å². The number of hydrogen-bond acceptors (Lipinski definition) is 5. The molecule has 1 rings (SSSR count). The monoisotopic (exact) mass is 303 g/mol. The maximum Gasteiger partial charge on any atom is 0.244 e. The van der Waals surface area contributed by atoms with Crippen molar-refractivity contribution in [1.82, 2.24) is 9.29 Å². The van der Waals surface area contributed by atoms with Crippen LogP contribution < -0.4 is 5.32 Å². The van der Waals surface area contributed by atoms with Crippen LogP contribution in [-0.4, -0.2) is 49.9 Å². The summed E-state index contributed by atoms with van der Waals surface area (Å²) in [5.41, 5.74) is 0. The average molecular weight is 303 g/mol. The molecule has 7 heteroatoms. The number of sulfonamides is 1. The first-order valence-corrected chi connectivity index (χ1v) is 8.76. The normalized spacial score (nSPS) is 13.5. The van der Waals surface area contributed by atoms with Gasteiger partial charge in [0.05, 0.1) is 0 Å². The van der Waals surface area contributed by atoms with Crippen molar-refractivity contribution in [2.24, 2.45) is 0 Å². The highest BCUT2D eigenvalue weighted by atomic mass is 32.2. The van der Waals surface area contributed by atoms with Crippen molar-refractivity contribution in [2.45, 2.75) is 23.5 Å². The van der Waals surface area contributed by atoms with Crippen LogP contribution in [0.15, 0.2) is 23.2 Å². The quantitative estimate of drug-likeness (QED) is 0.833. The predicted octanol–water partition coefficient (Wildman–Crippen LogP) is 1.89. The summed E-state index contributed by atoms with van der Waals surface area (Å²) in [6, 6.07) is 3.27. The molecule has 0 aliphatic rings. The van der Waals surface area contributed by atoms with Gasteiger partial charge in [-0.3, -0.25) is 0 Å². The van der Waals surface area contributed by atoms with Crippen LogP contribution in [0.25, 0.3) is 0 Å². The molecule has 0 aliphatic carbocycles. The van der Waals surface area contributed by atoms with Crippen LogP contribution in [0.3, 0.4) is 0 Å². The molecule has 1 unspecified atom stereocenters. The fraction of sp³-hybridized carbons (Fsp3) is 0.583. The fourth-order valence-electron chi connectivity index (χ4n) is 1.37. The van der Waals surface area contributed by atoms with E-state index in [0.29, 0.717) is 11.1 Å². The van der Waals surface area contributed by atoms with Gasteiger partial charge in [0, 0.05) is 32.1 Å². The molecule has 0 aromatic carbocycles.